The second kappa shape index (κ2) is 9.43. The zero-order valence-corrected chi connectivity index (χ0v) is 15.4. The van der Waals surface area contributed by atoms with E-state index in [1.807, 2.05) is 79.7 Å². The summed E-state index contributed by atoms with van der Waals surface area (Å²) >= 11 is 0. The fraction of sp³-hybridized carbons (Fsp3) is 0.174. The van der Waals surface area contributed by atoms with E-state index in [9.17, 15) is 4.79 Å². The van der Waals surface area contributed by atoms with Gasteiger partial charge in [0.2, 0.25) is 0 Å². The quantitative estimate of drug-likeness (QED) is 0.603. The molecule has 0 aliphatic carbocycles. The van der Waals surface area contributed by atoms with Crippen molar-refractivity contribution in [1.82, 2.24) is 0 Å². The van der Waals surface area contributed by atoms with Crippen LogP contribution in [-0.2, 0) is 4.79 Å². The third-order valence-corrected chi connectivity index (χ3v) is 3.96. The molecule has 0 aliphatic heterocycles. The van der Waals surface area contributed by atoms with E-state index in [0.717, 1.165) is 23.2 Å². The Morgan fingerprint density at radius 2 is 1.44 bits per heavy atom. The molecular formula is C23H23NO3. The van der Waals surface area contributed by atoms with Crippen LogP contribution in [0.15, 0.2) is 78.9 Å². The summed E-state index contributed by atoms with van der Waals surface area (Å²) in [5.41, 5.74) is 2.78. The molecule has 3 aromatic carbocycles. The smallest absolute Gasteiger partial charge is 0.262 e. The fourth-order valence-electron chi connectivity index (χ4n) is 2.69. The Balaban J connectivity index is 1.66. The molecule has 0 radical (unpaired) electrons. The zero-order chi connectivity index (χ0) is 18.9. The van der Waals surface area contributed by atoms with Crippen molar-refractivity contribution in [2.45, 2.75) is 13.3 Å². The SMILES string of the molecule is CCCOc1ccccc1OCC(=O)Nc1ccccc1-c1ccccc1. The highest BCUT2D eigenvalue weighted by Crippen LogP contribution is 2.28. The van der Waals surface area contributed by atoms with Gasteiger partial charge < -0.3 is 14.8 Å². The van der Waals surface area contributed by atoms with E-state index in [2.05, 4.69) is 5.32 Å². The number of nitrogens with one attached hydrogen (secondary N) is 1. The van der Waals surface area contributed by atoms with E-state index in [4.69, 9.17) is 9.47 Å². The molecule has 1 N–H and O–H groups in total. The molecule has 0 atom stereocenters. The van der Waals surface area contributed by atoms with Crippen molar-refractivity contribution in [2.24, 2.45) is 0 Å². The van der Waals surface area contributed by atoms with E-state index in [1.165, 1.54) is 0 Å². The average molecular weight is 361 g/mol. The highest BCUT2D eigenvalue weighted by atomic mass is 16.5. The minimum atomic E-state index is -0.219. The van der Waals surface area contributed by atoms with Crippen LogP contribution in [0.5, 0.6) is 11.5 Å². The Hall–Kier alpha value is -3.27. The van der Waals surface area contributed by atoms with Gasteiger partial charge in [0.05, 0.1) is 6.61 Å². The molecule has 3 aromatic rings. The molecule has 138 valence electrons. The van der Waals surface area contributed by atoms with Gasteiger partial charge in [0.1, 0.15) is 0 Å². The van der Waals surface area contributed by atoms with Gasteiger partial charge in [-0.05, 0) is 30.2 Å². The minimum absolute atomic E-state index is 0.0877. The molecule has 0 fully saturated rings. The Morgan fingerprint density at radius 3 is 2.19 bits per heavy atom. The number of carbonyl (C=O) groups is 1. The van der Waals surface area contributed by atoms with Gasteiger partial charge in [0.25, 0.3) is 5.91 Å². The average Bonchev–Trinajstić information content (AvgIpc) is 2.72. The van der Waals surface area contributed by atoms with Gasteiger partial charge in [0, 0.05) is 11.3 Å². The van der Waals surface area contributed by atoms with E-state index in [0.29, 0.717) is 18.1 Å². The normalized spacial score (nSPS) is 10.3. The fourth-order valence-corrected chi connectivity index (χ4v) is 2.69. The second-order valence-corrected chi connectivity index (χ2v) is 6.04. The Bertz CT molecular complexity index is 878. The van der Waals surface area contributed by atoms with Crippen LogP contribution in [0, 0.1) is 0 Å². The Morgan fingerprint density at radius 1 is 0.815 bits per heavy atom. The van der Waals surface area contributed by atoms with Crippen LogP contribution < -0.4 is 14.8 Å². The first-order chi connectivity index (χ1) is 13.3. The van der Waals surface area contributed by atoms with Crippen LogP contribution in [0.3, 0.4) is 0 Å². The van der Waals surface area contributed by atoms with Gasteiger partial charge >= 0.3 is 0 Å². The summed E-state index contributed by atoms with van der Waals surface area (Å²) in [7, 11) is 0. The summed E-state index contributed by atoms with van der Waals surface area (Å²) < 4.78 is 11.3. The van der Waals surface area contributed by atoms with E-state index < -0.39 is 0 Å². The van der Waals surface area contributed by atoms with Crippen molar-refractivity contribution >= 4 is 11.6 Å². The number of amides is 1. The lowest BCUT2D eigenvalue weighted by Gasteiger charge is -2.14. The summed E-state index contributed by atoms with van der Waals surface area (Å²) in [6.07, 6.45) is 0.908. The lowest BCUT2D eigenvalue weighted by Crippen LogP contribution is -2.20. The molecule has 0 bridgehead atoms. The summed E-state index contributed by atoms with van der Waals surface area (Å²) in [5, 5.41) is 2.94. The molecule has 4 heteroatoms. The van der Waals surface area contributed by atoms with Gasteiger partial charge in [-0.1, -0.05) is 67.6 Å². The Kier molecular flexibility index (Phi) is 6.47. The van der Waals surface area contributed by atoms with Crippen molar-refractivity contribution in [3.63, 3.8) is 0 Å². The van der Waals surface area contributed by atoms with Crippen LogP contribution >= 0.6 is 0 Å². The number of carbonyl (C=O) groups excluding carboxylic acids is 1. The van der Waals surface area contributed by atoms with Crippen molar-refractivity contribution in [3.8, 4) is 22.6 Å². The predicted octanol–water partition coefficient (Wildman–Crippen LogP) is 5.16. The zero-order valence-electron chi connectivity index (χ0n) is 15.4. The van der Waals surface area contributed by atoms with E-state index >= 15 is 0 Å². The lowest BCUT2D eigenvalue weighted by molar-refractivity contribution is -0.118. The first-order valence-corrected chi connectivity index (χ1v) is 9.07. The van der Waals surface area contributed by atoms with Crippen LogP contribution in [0.1, 0.15) is 13.3 Å². The number of para-hydroxylation sites is 3. The Labute approximate surface area is 159 Å². The van der Waals surface area contributed by atoms with Gasteiger partial charge in [-0.25, -0.2) is 0 Å². The number of benzene rings is 3. The summed E-state index contributed by atoms with van der Waals surface area (Å²) in [4.78, 5) is 12.4. The molecule has 3 rings (SSSR count). The van der Waals surface area contributed by atoms with E-state index in [-0.39, 0.29) is 12.5 Å². The van der Waals surface area contributed by atoms with Crippen molar-refractivity contribution < 1.29 is 14.3 Å². The number of hydrogen-bond donors (Lipinski definition) is 1. The molecule has 0 heterocycles. The topological polar surface area (TPSA) is 47.6 Å². The standard InChI is InChI=1S/C23H23NO3/c1-2-16-26-21-14-8-9-15-22(21)27-17-23(25)24-20-13-7-6-12-19(20)18-10-4-3-5-11-18/h3-15H,2,16-17H2,1H3,(H,24,25). The van der Waals surface area contributed by atoms with E-state index in [1.54, 1.807) is 6.07 Å². The van der Waals surface area contributed by atoms with Gasteiger partial charge in [-0.2, -0.15) is 0 Å². The third-order valence-electron chi connectivity index (χ3n) is 3.96. The number of hydrogen-bond acceptors (Lipinski definition) is 3. The molecule has 0 saturated heterocycles. The summed E-state index contributed by atoms with van der Waals surface area (Å²) in [6.45, 7) is 2.56. The maximum Gasteiger partial charge on any atom is 0.262 e. The number of anilines is 1. The molecular weight excluding hydrogens is 338 g/mol. The maximum atomic E-state index is 12.4. The molecule has 1 amide bonds. The molecule has 0 unspecified atom stereocenters. The molecule has 0 spiro atoms. The molecule has 27 heavy (non-hydrogen) atoms. The number of rotatable bonds is 8. The van der Waals surface area contributed by atoms with Crippen LogP contribution in [0.2, 0.25) is 0 Å². The molecule has 0 aromatic heterocycles. The van der Waals surface area contributed by atoms with Crippen molar-refractivity contribution in [2.75, 3.05) is 18.5 Å². The first-order valence-electron chi connectivity index (χ1n) is 9.07. The molecule has 0 aliphatic rings. The molecule has 0 saturated carbocycles. The van der Waals surface area contributed by atoms with Gasteiger partial charge in [-0.3, -0.25) is 4.79 Å². The minimum Gasteiger partial charge on any atom is -0.490 e. The van der Waals surface area contributed by atoms with Crippen molar-refractivity contribution in [1.29, 1.82) is 0 Å². The maximum absolute atomic E-state index is 12.4. The first kappa shape index (κ1) is 18.5. The van der Waals surface area contributed by atoms with Gasteiger partial charge in [-0.15, -0.1) is 0 Å². The monoisotopic (exact) mass is 361 g/mol. The lowest BCUT2D eigenvalue weighted by atomic mass is 10.0. The highest BCUT2D eigenvalue weighted by Gasteiger charge is 2.10. The third kappa shape index (κ3) is 5.11. The summed E-state index contributed by atoms with van der Waals surface area (Å²) in [5.74, 6) is 0.998. The second-order valence-electron chi connectivity index (χ2n) is 6.04. The largest absolute Gasteiger partial charge is 0.490 e. The van der Waals surface area contributed by atoms with Crippen LogP contribution in [0.25, 0.3) is 11.1 Å². The molecule has 4 nitrogen and oxygen atoms in total. The predicted molar refractivity (Wildman–Crippen MR) is 108 cm³/mol. The van der Waals surface area contributed by atoms with Gasteiger partial charge in [0.15, 0.2) is 18.1 Å². The van der Waals surface area contributed by atoms with Crippen LogP contribution in [0.4, 0.5) is 5.69 Å². The van der Waals surface area contributed by atoms with Crippen molar-refractivity contribution in [3.05, 3.63) is 78.9 Å². The van der Waals surface area contributed by atoms with Crippen LogP contribution in [-0.4, -0.2) is 19.1 Å². The summed E-state index contributed by atoms with van der Waals surface area (Å²) in [6, 6.07) is 25.1. The number of ether oxygens (including phenoxy) is 2. The highest BCUT2D eigenvalue weighted by molar-refractivity contribution is 5.96.